The van der Waals surface area contributed by atoms with Gasteiger partial charge in [-0.05, 0) is 44.2 Å². The van der Waals surface area contributed by atoms with E-state index in [9.17, 15) is 0 Å². The van der Waals surface area contributed by atoms with Crippen LogP contribution in [0.2, 0.25) is 0 Å². The van der Waals surface area contributed by atoms with Crippen molar-refractivity contribution in [1.29, 1.82) is 0 Å². The molecule has 2 atom stereocenters. The molecule has 1 rings (SSSR count). The summed E-state index contributed by atoms with van der Waals surface area (Å²) in [6.45, 7) is 9.45. The van der Waals surface area contributed by atoms with Crippen molar-refractivity contribution in [3.63, 3.8) is 0 Å². The van der Waals surface area contributed by atoms with E-state index < -0.39 is 0 Å². The molecule has 0 aliphatic carbocycles. The maximum Gasteiger partial charge on any atom is 0.000761 e. The minimum Gasteiger partial charge on any atom is -0.330 e. The molecular formula is C11H24N2. The van der Waals surface area contributed by atoms with Crippen molar-refractivity contribution in [2.45, 2.75) is 33.1 Å². The third-order valence-corrected chi connectivity index (χ3v) is 2.98. The van der Waals surface area contributed by atoms with Crippen molar-refractivity contribution >= 4 is 0 Å². The Morgan fingerprint density at radius 3 is 2.85 bits per heavy atom. The number of nitrogens with two attached hydrogens (primary N) is 1. The lowest BCUT2D eigenvalue weighted by atomic mass is 10.1. The summed E-state index contributed by atoms with van der Waals surface area (Å²) in [6.07, 6.45) is 3.87. The maximum absolute atomic E-state index is 5.49. The van der Waals surface area contributed by atoms with Gasteiger partial charge in [-0.1, -0.05) is 13.8 Å². The molecule has 0 aromatic carbocycles. The summed E-state index contributed by atoms with van der Waals surface area (Å²) in [5.41, 5.74) is 5.49. The molecular weight excluding hydrogens is 160 g/mol. The molecule has 1 aliphatic heterocycles. The molecule has 2 heteroatoms. The van der Waals surface area contributed by atoms with Crippen molar-refractivity contribution in [2.24, 2.45) is 17.6 Å². The average molecular weight is 184 g/mol. The standard InChI is InChI=1S/C11H24N2/c1-10(4-3-6-12)8-13-7-5-11(2)9-13/h10-11H,3-9,12H2,1-2H3. The van der Waals surface area contributed by atoms with Gasteiger partial charge in [-0.15, -0.1) is 0 Å². The molecule has 0 radical (unpaired) electrons. The fourth-order valence-corrected chi connectivity index (χ4v) is 2.19. The maximum atomic E-state index is 5.49. The van der Waals surface area contributed by atoms with Crippen LogP contribution in [-0.2, 0) is 0 Å². The Hall–Kier alpha value is -0.0800. The van der Waals surface area contributed by atoms with Crippen molar-refractivity contribution in [1.82, 2.24) is 4.90 Å². The zero-order valence-electron chi connectivity index (χ0n) is 9.13. The van der Waals surface area contributed by atoms with Gasteiger partial charge in [-0.2, -0.15) is 0 Å². The Labute approximate surface area is 82.5 Å². The van der Waals surface area contributed by atoms with Crippen LogP contribution in [0.5, 0.6) is 0 Å². The van der Waals surface area contributed by atoms with Gasteiger partial charge in [0.15, 0.2) is 0 Å². The third-order valence-electron chi connectivity index (χ3n) is 2.98. The molecule has 0 aromatic rings. The molecule has 2 nitrogen and oxygen atoms in total. The van der Waals surface area contributed by atoms with Gasteiger partial charge in [-0.25, -0.2) is 0 Å². The first kappa shape index (κ1) is 11.0. The summed E-state index contributed by atoms with van der Waals surface area (Å²) in [6, 6.07) is 0. The molecule has 0 amide bonds. The Balaban J connectivity index is 2.09. The molecule has 1 saturated heterocycles. The zero-order valence-corrected chi connectivity index (χ0v) is 9.13. The molecule has 0 aromatic heterocycles. The SMILES string of the molecule is CC(CCCN)CN1CCC(C)C1. The van der Waals surface area contributed by atoms with E-state index in [1.807, 2.05) is 0 Å². The van der Waals surface area contributed by atoms with E-state index in [0.29, 0.717) is 0 Å². The molecule has 78 valence electrons. The van der Waals surface area contributed by atoms with Crippen molar-refractivity contribution in [2.75, 3.05) is 26.2 Å². The second kappa shape index (κ2) is 5.61. The fourth-order valence-electron chi connectivity index (χ4n) is 2.19. The topological polar surface area (TPSA) is 29.3 Å². The Bertz CT molecular complexity index is 136. The molecule has 0 spiro atoms. The van der Waals surface area contributed by atoms with Crippen molar-refractivity contribution in [3.05, 3.63) is 0 Å². The Morgan fingerprint density at radius 1 is 1.54 bits per heavy atom. The molecule has 0 saturated carbocycles. The largest absolute Gasteiger partial charge is 0.330 e. The van der Waals surface area contributed by atoms with Crippen LogP contribution < -0.4 is 5.73 Å². The van der Waals surface area contributed by atoms with Gasteiger partial charge < -0.3 is 10.6 Å². The lowest BCUT2D eigenvalue weighted by Gasteiger charge is -2.20. The van der Waals surface area contributed by atoms with E-state index in [-0.39, 0.29) is 0 Å². The smallest absolute Gasteiger partial charge is 0.000761 e. The lowest BCUT2D eigenvalue weighted by molar-refractivity contribution is 0.271. The molecule has 13 heavy (non-hydrogen) atoms. The van der Waals surface area contributed by atoms with Crippen LogP contribution in [0.15, 0.2) is 0 Å². The molecule has 0 bridgehead atoms. The fraction of sp³-hybridized carbons (Fsp3) is 1.00. The second-order valence-corrected chi connectivity index (χ2v) is 4.69. The average Bonchev–Trinajstić information content (AvgIpc) is 2.48. The van der Waals surface area contributed by atoms with Gasteiger partial charge in [0.2, 0.25) is 0 Å². The highest BCUT2D eigenvalue weighted by molar-refractivity contribution is 4.73. The lowest BCUT2D eigenvalue weighted by Crippen LogP contribution is -2.26. The van der Waals surface area contributed by atoms with E-state index >= 15 is 0 Å². The van der Waals surface area contributed by atoms with Crippen LogP contribution in [0.3, 0.4) is 0 Å². The highest BCUT2D eigenvalue weighted by Crippen LogP contribution is 2.17. The second-order valence-electron chi connectivity index (χ2n) is 4.69. The number of likely N-dealkylation sites (tertiary alicyclic amines) is 1. The predicted molar refractivity (Wildman–Crippen MR) is 57.7 cm³/mol. The molecule has 1 heterocycles. The third kappa shape index (κ3) is 4.10. The molecule has 2 unspecified atom stereocenters. The van der Waals surface area contributed by atoms with Gasteiger partial charge in [-0.3, -0.25) is 0 Å². The first-order valence-electron chi connectivity index (χ1n) is 5.64. The molecule has 1 fully saturated rings. The van der Waals surface area contributed by atoms with Crippen LogP contribution in [0.1, 0.15) is 33.1 Å². The van der Waals surface area contributed by atoms with Gasteiger partial charge in [0, 0.05) is 13.1 Å². The van der Waals surface area contributed by atoms with Gasteiger partial charge in [0.05, 0.1) is 0 Å². The summed E-state index contributed by atoms with van der Waals surface area (Å²) in [5.74, 6) is 1.75. The van der Waals surface area contributed by atoms with Gasteiger partial charge >= 0.3 is 0 Å². The van der Waals surface area contributed by atoms with E-state index in [1.165, 1.54) is 38.9 Å². The van der Waals surface area contributed by atoms with Crippen LogP contribution in [-0.4, -0.2) is 31.1 Å². The summed E-state index contributed by atoms with van der Waals surface area (Å²) < 4.78 is 0. The highest BCUT2D eigenvalue weighted by Gasteiger charge is 2.19. The quantitative estimate of drug-likeness (QED) is 0.704. The Morgan fingerprint density at radius 2 is 2.31 bits per heavy atom. The van der Waals surface area contributed by atoms with Crippen molar-refractivity contribution in [3.8, 4) is 0 Å². The normalized spacial score (nSPS) is 26.5. The Kier molecular flexibility index (Phi) is 4.74. The van der Waals surface area contributed by atoms with E-state index in [1.54, 1.807) is 0 Å². The molecule has 2 N–H and O–H groups in total. The van der Waals surface area contributed by atoms with Crippen LogP contribution >= 0.6 is 0 Å². The number of nitrogens with zero attached hydrogens (tertiary/aromatic N) is 1. The predicted octanol–water partition coefficient (Wildman–Crippen LogP) is 1.70. The minimum atomic E-state index is 0.828. The van der Waals surface area contributed by atoms with Crippen LogP contribution in [0, 0.1) is 11.8 Å². The first-order chi connectivity index (χ1) is 6.22. The van der Waals surface area contributed by atoms with Gasteiger partial charge in [0.25, 0.3) is 0 Å². The summed E-state index contributed by atoms with van der Waals surface area (Å²) in [5, 5.41) is 0. The monoisotopic (exact) mass is 184 g/mol. The number of hydrogen-bond donors (Lipinski definition) is 1. The summed E-state index contributed by atoms with van der Waals surface area (Å²) in [4.78, 5) is 2.60. The number of rotatable bonds is 5. The van der Waals surface area contributed by atoms with E-state index in [4.69, 9.17) is 5.73 Å². The van der Waals surface area contributed by atoms with Gasteiger partial charge in [0.1, 0.15) is 0 Å². The summed E-state index contributed by atoms with van der Waals surface area (Å²) in [7, 11) is 0. The van der Waals surface area contributed by atoms with E-state index in [2.05, 4.69) is 18.7 Å². The van der Waals surface area contributed by atoms with Crippen molar-refractivity contribution < 1.29 is 0 Å². The first-order valence-corrected chi connectivity index (χ1v) is 5.64. The number of hydrogen-bond acceptors (Lipinski definition) is 2. The minimum absolute atomic E-state index is 0.828. The van der Waals surface area contributed by atoms with Crippen LogP contribution in [0.4, 0.5) is 0 Å². The zero-order chi connectivity index (χ0) is 9.68. The van der Waals surface area contributed by atoms with Crippen LogP contribution in [0.25, 0.3) is 0 Å². The highest BCUT2D eigenvalue weighted by atomic mass is 15.1. The van der Waals surface area contributed by atoms with E-state index in [0.717, 1.165) is 18.4 Å². The summed E-state index contributed by atoms with van der Waals surface area (Å²) >= 11 is 0. The molecule has 1 aliphatic rings.